The molecule has 0 unspecified atom stereocenters. The van der Waals surface area contributed by atoms with Crippen molar-refractivity contribution in [3.05, 3.63) is 23.7 Å². The van der Waals surface area contributed by atoms with E-state index in [1.807, 2.05) is 6.92 Å². The molecule has 1 aliphatic rings. The van der Waals surface area contributed by atoms with Gasteiger partial charge in [0.15, 0.2) is 0 Å². The molecule has 0 amide bonds. The van der Waals surface area contributed by atoms with Crippen molar-refractivity contribution in [3.63, 3.8) is 0 Å². The Morgan fingerprint density at radius 1 is 1.27 bits per heavy atom. The molecule has 1 fully saturated rings. The molecule has 2 heteroatoms. The molecule has 0 aromatic carbocycles. The van der Waals surface area contributed by atoms with Gasteiger partial charge in [-0.3, -0.25) is 0 Å². The van der Waals surface area contributed by atoms with E-state index in [1.54, 1.807) is 0 Å². The number of piperidine rings is 1. The molecule has 0 saturated carbocycles. The van der Waals surface area contributed by atoms with Crippen LogP contribution >= 0.6 is 0 Å². The van der Waals surface area contributed by atoms with Gasteiger partial charge in [0.05, 0.1) is 0 Å². The van der Waals surface area contributed by atoms with Gasteiger partial charge in [-0.15, -0.1) is 0 Å². The minimum absolute atomic E-state index is 0.177. The Morgan fingerprint density at radius 3 is 2.47 bits per heavy atom. The van der Waals surface area contributed by atoms with Crippen molar-refractivity contribution in [2.45, 2.75) is 39.0 Å². The van der Waals surface area contributed by atoms with Crippen molar-refractivity contribution in [1.82, 2.24) is 5.32 Å². The lowest BCUT2D eigenvalue weighted by atomic mass is 9.72. The average molecular weight is 207 g/mol. The highest BCUT2D eigenvalue weighted by Crippen LogP contribution is 2.37. The molecule has 0 atom stereocenters. The predicted octanol–water partition coefficient (Wildman–Crippen LogP) is 2.87. The third kappa shape index (κ3) is 2.10. The first-order valence-electron chi connectivity index (χ1n) is 5.88. The van der Waals surface area contributed by atoms with Gasteiger partial charge in [-0.25, -0.2) is 0 Å². The molecule has 15 heavy (non-hydrogen) atoms. The van der Waals surface area contributed by atoms with Gasteiger partial charge in [-0.1, -0.05) is 13.8 Å². The van der Waals surface area contributed by atoms with Crippen LogP contribution in [0.4, 0.5) is 0 Å². The smallest absolute Gasteiger partial charge is 0.110 e. The van der Waals surface area contributed by atoms with Gasteiger partial charge >= 0.3 is 0 Å². The van der Waals surface area contributed by atoms with Crippen molar-refractivity contribution in [1.29, 1.82) is 0 Å². The van der Waals surface area contributed by atoms with E-state index in [1.165, 1.54) is 12.8 Å². The van der Waals surface area contributed by atoms with Crippen LogP contribution in [0.25, 0.3) is 0 Å². The van der Waals surface area contributed by atoms with Gasteiger partial charge in [0, 0.05) is 5.41 Å². The standard InChI is InChI=1S/C13H21NO/c1-10-4-5-12(15-10)13(2,3)11-6-8-14-9-7-11/h4-5,11,14H,6-9H2,1-3H3. The number of aryl methyl sites for hydroxylation is 1. The summed E-state index contributed by atoms with van der Waals surface area (Å²) in [7, 11) is 0. The molecular weight excluding hydrogens is 186 g/mol. The van der Waals surface area contributed by atoms with E-state index in [0.717, 1.165) is 30.5 Å². The van der Waals surface area contributed by atoms with Gasteiger partial charge in [0.25, 0.3) is 0 Å². The monoisotopic (exact) mass is 207 g/mol. The van der Waals surface area contributed by atoms with E-state index in [-0.39, 0.29) is 5.41 Å². The van der Waals surface area contributed by atoms with E-state index in [9.17, 15) is 0 Å². The highest BCUT2D eigenvalue weighted by atomic mass is 16.3. The van der Waals surface area contributed by atoms with Crippen LogP contribution in [0.1, 0.15) is 38.2 Å². The second-order valence-corrected chi connectivity index (χ2v) is 5.16. The van der Waals surface area contributed by atoms with E-state index in [0.29, 0.717) is 0 Å². The van der Waals surface area contributed by atoms with E-state index >= 15 is 0 Å². The normalized spacial score (nSPS) is 19.4. The molecule has 1 saturated heterocycles. The van der Waals surface area contributed by atoms with Gasteiger partial charge in [-0.2, -0.15) is 0 Å². The Hall–Kier alpha value is -0.760. The van der Waals surface area contributed by atoms with Crippen LogP contribution in [0.2, 0.25) is 0 Å². The highest BCUT2D eigenvalue weighted by molar-refractivity contribution is 5.16. The number of hydrogen-bond acceptors (Lipinski definition) is 2. The molecule has 0 bridgehead atoms. The fourth-order valence-corrected chi connectivity index (χ4v) is 2.53. The molecule has 0 radical (unpaired) electrons. The summed E-state index contributed by atoms with van der Waals surface area (Å²) in [5, 5.41) is 3.41. The molecule has 84 valence electrons. The van der Waals surface area contributed by atoms with Crippen molar-refractivity contribution in [2.24, 2.45) is 5.92 Å². The first-order chi connectivity index (χ1) is 7.10. The lowest BCUT2D eigenvalue weighted by Gasteiger charge is -2.35. The lowest BCUT2D eigenvalue weighted by molar-refractivity contribution is 0.212. The zero-order valence-corrected chi connectivity index (χ0v) is 9.97. The SMILES string of the molecule is Cc1ccc(C(C)(C)C2CCNCC2)o1. The van der Waals surface area contributed by atoms with Crippen LogP contribution in [0, 0.1) is 12.8 Å². The Balaban J connectivity index is 2.17. The third-order valence-corrected chi connectivity index (χ3v) is 3.74. The van der Waals surface area contributed by atoms with Crippen molar-refractivity contribution < 1.29 is 4.42 Å². The summed E-state index contributed by atoms with van der Waals surface area (Å²) < 4.78 is 5.78. The molecule has 1 aliphatic heterocycles. The number of hydrogen-bond donors (Lipinski definition) is 1. The van der Waals surface area contributed by atoms with Crippen molar-refractivity contribution in [3.8, 4) is 0 Å². The summed E-state index contributed by atoms with van der Waals surface area (Å²) in [5.74, 6) is 2.91. The molecule has 1 aromatic heterocycles. The zero-order valence-electron chi connectivity index (χ0n) is 9.97. The third-order valence-electron chi connectivity index (χ3n) is 3.74. The van der Waals surface area contributed by atoms with Gasteiger partial charge in [0.1, 0.15) is 11.5 Å². The molecule has 1 aromatic rings. The highest BCUT2D eigenvalue weighted by Gasteiger charge is 2.34. The summed E-state index contributed by atoms with van der Waals surface area (Å²) in [6.07, 6.45) is 2.51. The first kappa shape index (κ1) is 10.7. The first-order valence-corrected chi connectivity index (χ1v) is 5.88. The van der Waals surface area contributed by atoms with Crippen LogP contribution in [-0.2, 0) is 5.41 Å². The topological polar surface area (TPSA) is 25.2 Å². The molecule has 0 spiro atoms. The maximum atomic E-state index is 5.78. The molecule has 0 aliphatic carbocycles. The second kappa shape index (κ2) is 4.01. The fourth-order valence-electron chi connectivity index (χ4n) is 2.53. The van der Waals surface area contributed by atoms with Crippen LogP contribution in [0.5, 0.6) is 0 Å². The van der Waals surface area contributed by atoms with Crippen LogP contribution in [0.3, 0.4) is 0 Å². The maximum absolute atomic E-state index is 5.78. The Morgan fingerprint density at radius 2 is 1.93 bits per heavy atom. The van der Waals surface area contributed by atoms with Crippen molar-refractivity contribution >= 4 is 0 Å². The fraction of sp³-hybridized carbons (Fsp3) is 0.692. The van der Waals surface area contributed by atoms with Gasteiger partial charge < -0.3 is 9.73 Å². The molecular formula is C13H21NO. The van der Waals surface area contributed by atoms with E-state index in [2.05, 4.69) is 31.3 Å². The molecule has 1 N–H and O–H groups in total. The summed E-state index contributed by atoms with van der Waals surface area (Å²) in [6, 6.07) is 4.20. The predicted molar refractivity (Wildman–Crippen MR) is 62.1 cm³/mol. The summed E-state index contributed by atoms with van der Waals surface area (Å²) in [6.45, 7) is 8.92. The van der Waals surface area contributed by atoms with Crippen LogP contribution < -0.4 is 5.32 Å². The number of furan rings is 1. The molecule has 2 rings (SSSR count). The summed E-state index contributed by atoms with van der Waals surface area (Å²) >= 11 is 0. The van der Waals surface area contributed by atoms with Crippen LogP contribution in [0.15, 0.2) is 16.5 Å². The molecule has 2 nitrogen and oxygen atoms in total. The number of nitrogens with one attached hydrogen (secondary N) is 1. The van der Waals surface area contributed by atoms with Gasteiger partial charge in [0.2, 0.25) is 0 Å². The lowest BCUT2D eigenvalue weighted by Crippen LogP contribution is -2.37. The minimum atomic E-state index is 0.177. The van der Waals surface area contributed by atoms with E-state index in [4.69, 9.17) is 4.42 Å². The Kier molecular flexibility index (Phi) is 2.87. The zero-order chi connectivity index (χ0) is 10.9. The maximum Gasteiger partial charge on any atom is 0.110 e. The summed E-state index contributed by atoms with van der Waals surface area (Å²) in [5.41, 5.74) is 0.177. The second-order valence-electron chi connectivity index (χ2n) is 5.16. The number of rotatable bonds is 2. The Labute approximate surface area is 92.1 Å². The largest absolute Gasteiger partial charge is 0.466 e. The van der Waals surface area contributed by atoms with E-state index < -0.39 is 0 Å². The summed E-state index contributed by atoms with van der Waals surface area (Å²) in [4.78, 5) is 0. The minimum Gasteiger partial charge on any atom is -0.466 e. The molecule has 2 heterocycles. The van der Waals surface area contributed by atoms with Crippen molar-refractivity contribution in [2.75, 3.05) is 13.1 Å². The Bertz CT molecular complexity index is 321. The van der Waals surface area contributed by atoms with Gasteiger partial charge in [-0.05, 0) is 50.9 Å². The van der Waals surface area contributed by atoms with Crippen LogP contribution in [-0.4, -0.2) is 13.1 Å². The average Bonchev–Trinajstić information content (AvgIpc) is 2.67. The quantitative estimate of drug-likeness (QED) is 0.806.